The fraction of sp³-hybridized carbons (Fsp3) is 0.852. The van der Waals surface area contributed by atoms with Gasteiger partial charge in [-0.3, -0.25) is 14.4 Å². The summed E-state index contributed by atoms with van der Waals surface area (Å²) in [5, 5.41) is 14.2. The minimum Gasteiger partial charge on any atom is -0.481 e. The first-order chi connectivity index (χ1) is 17.4. The van der Waals surface area contributed by atoms with E-state index in [1.165, 1.54) is 51.9 Å². The van der Waals surface area contributed by atoms with E-state index in [9.17, 15) is 19.2 Å². The summed E-state index contributed by atoms with van der Waals surface area (Å²) >= 11 is 0. The Hall–Kier alpha value is -2.00. The van der Waals surface area contributed by atoms with E-state index < -0.39 is 5.97 Å². The molecule has 9 heteroatoms. The third kappa shape index (κ3) is 28.2. The molecule has 0 aromatic heterocycles. The largest absolute Gasteiger partial charge is 0.481 e. The van der Waals surface area contributed by atoms with E-state index in [2.05, 4.69) is 10.6 Å². The number of hydrogen-bond donors (Lipinski definition) is 3. The molecule has 0 aromatic rings. The van der Waals surface area contributed by atoms with Crippen molar-refractivity contribution >= 4 is 23.6 Å². The topological polar surface area (TPSA) is 131 Å². The maximum absolute atomic E-state index is 11.9. The molecular weight excluding hydrogens is 464 g/mol. The lowest BCUT2D eigenvalue weighted by Gasteiger charge is -2.08. The number of unbranched alkanes of at least 4 members (excludes halogenated alkanes) is 11. The molecule has 210 valence electrons. The lowest BCUT2D eigenvalue weighted by Crippen LogP contribution is -2.28. The second-order valence-electron chi connectivity index (χ2n) is 9.26. The smallest absolute Gasteiger partial charge is 0.303 e. The van der Waals surface area contributed by atoms with Crippen LogP contribution in [0.25, 0.3) is 0 Å². The number of hydrogen-bond acceptors (Lipinski definition) is 6. The van der Waals surface area contributed by atoms with Gasteiger partial charge in [0.15, 0.2) is 0 Å². The Morgan fingerprint density at radius 1 is 0.528 bits per heavy atom. The second-order valence-corrected chi connectivity index (χ2v) is 9.26. The number of Topliss-reactive ketones (excluding diaryl/α,β-unsaturated/α-hetero) is 1. The van der Waals surface area contributed by atoms with Crippen molar-refractivity contribution in [2.24, 2.45) is 0 Å². The van der Waals surface area contributed by atoms with Crippen LogP contribution in [0.1, 0.15) is 110 Å². The number of aliphatic carboxylic acids is 1. The van der Waals surface area contributed by atoms with Crippen LogP contribution in [0.4, 0.5) is 0 Å². The lowest BCUT2D eigenvalue weighted by molar-refractivity contribution is -0.137. The molecule has 3 N–H and O–H groups in total. The SMILES string of the molecule is CC(=O)CCC(=O)NCCOCCOCCNC(=O)CCCCCCCCCCCCCCC(=O)O. The van der Waals surface area contributed by atoms with Gasteiger partial charge in [-0.25, -0.2) is 0 Å². The monoisotopic (exact) mass is 514 g/mol. The van der Waals surface area contributed by atoms with Crippen LogP contribution in [0.2, 0.25) is 0 Å². The average Bonchev–Trinajstić information content (AvgIpc) is 2.83. The van der Waals surface area contributed by atoms with Gasteiger partial charge in [0.25, 0.3) is 0 Å². The van der Waals surface area contributed by atoms with Crippen LogP contribution in [-0.2, 0) is 28.7 Å². The van der Waals surface area contributed by atoms with Gasteiger partial charge in [-0.05, 0) is 19.8 Å². The normalized spacial score (nSPS) is 10.8. The summed E-state index contributed by atoms with van der Waals surface area (Å²) in [5.74, 6) is -0.769. The van der Waals surface area contributed by atoms with Crippen molar-refractivity contribution in [3.05, 3.63) is 0 Å². The molecule has 0 aliphatic carbocycles. The number of amides is 2. The first-order valence-electron chi connectivity index (χ1n) is 13.8. The predicted octanol–water partition coefficient (Wildman–Crippen LogP) is 4.17. The van der Waals surface area contributed by atoms with Crippen LogP contribution in [0.15, 0.2) is 0 Å². The first-order valence-corrected chi connectivity index (χ1v) is 13.8. The number of nitrogens with one attached hydrogen (secondary N) is 2. The molecule has 0 radical (unpaired) electrons. The highest BCUT2D eigenvalue weighted by atomic mass is 16.5. The van der Waals surface area contributed by atoms with E-state index >= 15 is 0 Å². The number of ketones is 1. The van der Waals surface area contributed by atoms with Crippen LogP contribution < -0.4 is 10.6 Å². The van der Waals surface area contributed by atoms with Crippen LogP contribution in [-0.4, -0.2) is 68.2 Å². The summed E-state index contributed by atoms with van der Waals surface area (Å²) in [6.07, 6.45) is 14.9. The summed E-state index contributed by atoms with van der Waals surface area (Å²) in [6, 6.07) is 0. The molecule has 36 heavy (non-hydrogen) atoms. The van der Waals surface area contributed by atoms with Gasteiger partial charge in [-0.2, -0.15) is 0 Å². The van der Waals surface area contributed by atoms with Crippen LogP contribution in [0.5, 0.6) is 0 Å². The maximum atomic E-state index is 11.9. The van der Waals surface area contributed by atoms with Crippen LogP contribution in [0.3, 0.4) is 0 Å². The van der Waals surface area contributed by atoms with Gasteiger partial charge in [-0.15, -0.1) is 0 Å². The Morgan fingerprint density at radius 3 is 1.33 bits per heavy atom. The molecule has 0 saturated carbocycles. The van der Waals surface area contributed by atoms with Crippen LogP contribution in [0, 0.1) is 0 Å². The Bertz CT molecular complexity index is 584. The van der Waals surface area contributed by atoms with Crippen molar-refractivity contribution < 1.29 is 33.8 Å². The molecule has 0 atom stereocenters. The minimum atomic E-state index is -0.694. The van der Waals surface area contributed by atoms with Crippen molar-refractivity contribution in [3.8, 4) is 0 Å². The number of carboxylic acid groups (broad SMARTS) is 1. The van der Waals surface area contributed by atoms with Crippen molar-refractivity contribution in [1.29, 1.82) is 0 Å². The highest BCUT2D eigenvalue weighted by Crippen LogP contribution is 2.13. The van der Waals surface area contributed by atoms with Crippen molar-refractivity contribution in [3.63, 3.8) is 0 Å². The third-order valence-corrected chi connectivity index (χ3v) is 5.76. The van der Waals surface area contributed by atoms with Gasteiger partial charge in [0.05, 0.1) is 26.4 Å². The highest BCUT2D eigenvalue weighted by Gasteiger charge is 2.03. The first kappa shape index (κ1) is 34.0. The minimum absolute atomic E-state index is 0.00358. The summed E-state index contributed by atoms with van der Waals surface area (Å²) in [6.45, 7) is 4.06. The van der Waals surface area contributed by atoms with Crippen molar-refractivity contribution in [2.75, 3.05) is 39.5 Å². The molecule has 9 nitrogen and oxygen atoms in total. The molecule has 0 saturated heterocycles. The van der Waals surface area contributed by atoms with Gasteiger partial charge in [0.2, 0.25) is 11.8 Å². The summed E-state index contributed by atoms with van der Waals surface area (Å²) in [7, 11) is 0. The standard InChI is InChI=1S/C27H50N2O7/c1-24(30)16-17-26(32)29-19-21-36-23-22-35-20-18-28-25(31)14-12-10-8-6-4-2-3-5-7-9-11-13-15-27(33)34/h2-23H2,1H3,(H,28,31)(H,29,32)(H,33,34). The summed E-state index contributed by atoms with van der Waals surface area (Å²) < 4.78 is 10.8. The van der Waals surface area contributed by atoms with Crippen molar-refractivity contribution in [1.82, 2.24) is 10.6 Å². The summed E-state index contributed by atoms with van der Waals surface area (Å²) in [5.41, 5.74) is 0. The molecule has 0 unspecified atom stereocenters. The molecule has 0 aliphatic heterocycles. The summed E-state index contributed by atoms with van der Waals surface area (Å²) in [4.78, 5) is 44.5. The van der Waals surface area contributed by atoms with Gasteiger partial charge in [0, 0.05) is 38.8 Å². The number of carboxylic acids is 1. The third-order valence-electron chi connectivity index (χ3n) is 5.76. The zero-order valence-corrected chi connectivity index (χ0v) is 22.5. The fourth-order valence-electron chi connectivity index (χ4n) is 3.64. The maximum Gasteiger partial charge on any atom is 0.303 e. The van der Waals surface area contributed by atoms with E-state index in [4.69, 9.17) is 14.6 Å². The predicted molar refractivity (Wildman–Crippen MR) is 140 cm³/mol. The van der Waals surface area contributed by atoms with E-state index in [0.29, 0.717) is 52.4 Å². The molecule has 2 amide bonds. The Labute approximate surface area is 217 Å². The van der Waals surface area contributed by atoms with Crippen molar-refractivity contribution in [2.45, 2.75) is 110 Å². The van der Waals surface area contributed by atoms with E-state index in [-0.39, 0.29) is 30.4 Å². The molecule has 0 aromatic carbocycles. The Balaban J connectivity index is 3.24. The Morgan fingerprint density at radius 2 is 0.917 bits per heavy atom. The molecule has 0 bridgehead atoms. The molecule has 0 aliphatic rings. The molecule has 0 heterocycles. The number of rotatable bonds is 27. The van der Waals surface area contributed by atoms with E-state index in [1.54, 1.807) is 0 Å². The van der Waals surface area contributed by atoms with E-state index in [0.717, 1.165) is 32.1 Å². The zero-order chi connectivity index (χ0) is 26.7. The van der Waals surface area contributed by atoms with Gasteiger partial charge in [-0.1, -0.05) is 64.2 Å². The van der Waals surface area contributed by atoms with Gasteiger partial charge < -0.3 is 30.0 Å². The Kier molecular flexibility index (Phi) is 24.6. The number of carbonyl (C=O) groups excluding carboxylic acids is 3. The molecule has 0 rings (SSSR count). The molecular formula is C27H50N2O7. The van der Waals surface area contributed by atoms with E-state index in [1.807, 2.05) is 0 Å². The average molecular weight is 515 g/mol. The lowest BCUT2D eigenvalue weighted by atomic mass is 10.0. The van der Waals surface area contributed by atoms with Gasteiger partial charge >= 0.3 is 5.97 Å². The highest BCUT2D eigenvalue weighted by molar-refractivity contribution is 5.83. The number of ether oxygens (including phenoxy) is 2. The van der Waals surface area contributed by atoms with Crippen LogP contribution >= 0.6 is 0 Å². The molecule has 0 spiro atoms. The quantitative estimate of drug-likeness (QED) is 0.140. The fourth-order valence-corrected chi connectivity index (χ4v) is 3.64. The second kappa shape index (κ2) is 26.1. The zero-order valence-electron chi connectivity index (χ0n) is 22.5. The number of carbonyl (C=O) groups is 4. The molecule has 0 fully saturated rings. The van der Waals surface area contributed by atoms with Gasteiger partial charge in [0.1, 0.15) is 5.78 Å².